The van der Waals surface area contributed by atoms with Crippen LogP contribution in [0.3, 0.4) is 0 Å². The minimum atomic E-state index is -3.13. The predicted molar refractivity (Wildman–Crippen MR) is 37.7 cm³/mol. The van der Waals surface area contributed by atoms with Gasteiger partial charge < -0.3 is 15.5 Å². The molecule has 0 saturated heterocycles. The van der Waals surface area contributed by atoms with E-state index in [-0.39, 0.29) is 0 Å². The summed E-state index contributed by atoms with van der Waals surface area (Å²) in [5.41, 5.74) is 5.14. The number of nitrogens with two attached hydrogens (primary N) is 1. The Balaban J connectivity index is 0.000000218. The van der Waals surface area contributed by atoms with Crippen LogP contribution in [0.25, 0.3) is 0 Å². The smallest absolute Gasteiger partial charge is 0.314 e. The molecule has 8 heteroatoms. The van der Waals surface area contributed by atoms with Crippen molar-refractivity contribution in [3.63, 3.8) is 0 Å². The van der Waals surface area contributed by atoms with Crippen LogP contribution in [0.15, 0.2) is 12.3 Å². The maximum atomic E-state index is 8.74. The van der Waals surface area contributed by atoms with Gasteiger partial charge in [-0.05, 0) is 5.21 Å². The third-order valence-corrected chi connectivity index (χ3v) is 0.524. The summed E-state index contributed by atoms with van der Waals surface area (Å²) >= 11 is 0. The van der Waals surface area contributed by atoms with Gasteiger partial charge in [0.15, 0.2) is 0 Å². The highest BCUT2D eigenvalue weighted by atomic mass is 31.1. The predicted octanol–water partition coefficient (Wildman–Crippen LogP) is -1.19. The van der Waals surface area contributed by atoms with Crippen molar-refractivity contribution < 1.29 is 14.4 Å². The van der Waals surface area contributed by atoms with Crippen molar-refractivity contribution in [3.8, 4) is 0 Å². The number of anilines is 1. The van der Waals surface area contributed by atoms with Crippen LogP contribution in [0.4, 0.5) is 5.82 Å². The van der Waals surface area contributed by atoms with E-state index in [4.69, 9.17) is 20.1 Å². The van der Waals surface area contributed by atoms with Crippen LogP contribution < -0.4 is 5.73 Å². The minimum absolute atomic E-state index is 0.398. The highest BCUT2D eigenvalue weighted by Gasteiger charge is 1.76. The molecule has 1 aromatic heterocycles. The van der Waals surface area contributed by atoms with E-state index in [1.807, 2.05) is 0 Å². The number of rotatable bonds is 0. The monoisotopic (exact) mass is 178 g/mol. The Morgan fingerprint density at radius 3 is 2.27 bits per heavy atom. The lowest BCUT2D eigenvalue weighted by atomic mass is 10.6. The standard InChI is InChI=1S/C3H4N4.H3O3P/c4-3-1-2-5-7-6-3;1-4(2)3/h1-2H,(H2,4,5,6);4H,(H2,1,2,3). The molecule has 7 nitrogen and oxygen atoms in total. The van der Waals surface area contributed by atoms with Crippen molar-refractivity contribution >= 4 is 14.1 Å². The van der Waals surface area contributed by atoms with E-state index in [9.17, 15) is 0 Å². The van der Waals surface area contributed by atoms with E-state index < -0.39 is 8.25 Å². The van der Waals surface area contributed by atoms with E-state index in [2.05, 4.69) is 15.4 Å². The molecule has 0 aromatic carbocycles. The van der Waals surface area contributed by atoms with Crippen LogP contribution in [0.5, 0.6) is 0 Å². The van der Waals surface area contributed by atoms with Gasteiger partial charge in [-0.15, -0.1) is 10.2 Å². The van der Waals surface area contributed by atoms with Crippen molar-refractivity contribution in [1.82, 2.24) is 15.4 Å². The molecule has 4 N–H and O–H groups in total. The number of nitrogens with zero attached hydrogens (tertiary/aromatic N) is 3. The molecule has 1 rings (SSSR count). The molecule has 0 aliphatic heterocycles. The van der Waals surface area contributed by atoms with E-state index in [1.165, 1.54) is 6.20 Å². The molecule has 1 heterocycles. The summed E-state index contributed by atoms with van der Waals surface area (Å²) in [5.74, 6) is 0.398. The van der Waals surface area contributed by atoms with E-state index in [1.54, 1.807) is 6.07 Å². The van der Waals surface area contributed by atoms with Gasteiger partial charge in [0.05, 0.1) is 6.20 Å². The number of hydrogen-bond donors (Lipinski definition) is 3. The SMILES string of the molecule is Nc1ccnnn1.O=[PH](O)O. The van der Waals surface area contributed by atoms with Gasteiger partial charge in [0.25, 0.3) is 0 Å². The molecule has 11 heavy (non-hydrogen) atoms. The van der Waals surface area contributed by atoms with Gasteiger partial charge in [0.1, 0.15) is 5.82 Å². The Kier molecular flexibility index (Phi) is 5.18. The second kappa shape index (κ2) is 5.72. The molecule has 0 radical (unpaired) electrons. The first kappa shape index (κ1) is 9.96. The molecule has 0 spiro atoms. The van der Waals surface area contributed by atoms with Gasteiger partial charge in [0.2, 0.25) is 0 Å². The molecule has 0 atom stereocenters. The van der Waals surface area contributed by atoms with Gasteiger partial charge in [0, 0.05) is 6.07 Å². The van der Waals surface area contributed by atoms with Gasteiger partial charge in [-0.3, -0.25) is 4.57 Å². The highest BCUT2D eigenvalue weighted by Crippen LogP contribution is 1.98. The fourth-order valence-electron chi connectivity index (χ4n) is 0.250. The fourth-order valence-corrected chi connectivity index (χ4v) is 0.250. The van der Waals surface area contributed by atoms with Crippen molar-refractivity contribution in [2.45, 2.75) is 0 Å². The average molecular weight is 178 g/mol. The lowest BCUT2D eigenvalue weighted by Gasteiger charge is -1.80. The fraction of sp³-hybridized carbons (Fsp3) is 0. The molecule has 0 aliphatic rings. The normalized spacial score (nSPS) is 8.64. The molecular formula is C3H7N4O3P. The number of nitrogen functional groups attached to an aromatic ring is 1. The third kappa shape index (κ3) is 8.96. The third-order valence-electron chi connectivity index (χ3n) is 0.524. The number of aromatic nitrogens is 3. The molecule has 0 saturated carbocycles. The molecule has 0 amide bonds. The lowest BCUT2D eigenvalue weighted by molar-refractivity contribution is 0.405. The van der Waals surface area contributed by atoms with Crippen LogP contribution in [0.1, 0.15) is 0 Å². The van der Waals surface area contributed by atoms with E-state index >= 15 is 0 Å². The Hall–Kier alpha value is -1.04. The second-order valence-corrected chi connectivity index (χ2v) is 1.89. The summed E-state index contributed by atoms with van der Waals surface area (Å²) in [5, 5.41) is 10.1. The van der Waals surface area contributed by atoms with E-state index in [0.717, 1.165) is 0 Å². The zero-order valence-electron chi connectivity index (χ0n) is 5.38. The number of hydrogen-bond acceptors (Lipinski definition) is 5. The average Bonchev–Trinajstić information content (AvgIpc) is 1.87. The topological polar surface area (TPSA) is 122 Å². The first-order chi connectivity index (χ1) is 5.13. The maximum absolute atomic E-state index is 8.74. The highest BCUT2D eigenvalue weighted by molar-refractivity contribution is 7.30. The van der Waals surface area contributed by atoms with Crippen molar-refractivity contribution in [2.24, 2.45) is 0 Å². The summed E-state index contributed by atoms with van der Waals surface area (Å²) < 4.78 is 8.74. The van der Waals surface area contributed by atoms with Gasteiger partial charge in [-0.1, -0.05) is 0 Å². The molecule has 0 bridgehead atoms. The molecular weight excluding hydrogens is 171 g/mol. The Bertz CT molecular complexity index is 213. The molecule has 0 aliphatic carbocycles. The quantitative estimate of drug-likeness (QED) is 0.427. The summed E-state index contributed by atoms with van der Waals surface area (Å²) in [7, 11) is -3.13. The minimum Gasteiger partial charge on any atom is -0.382 e. The van der Waals surface area contributed by atoms with Crippen LogP contribution in [-0.2, 0) is 4.57 Å². The van der Waals surface area contributed by atoms with Crippen LogP contribution in [0.2, 0.25) is 0 Å². The second-order valence-electron chi connectivity index (χ2n) is 1.33. The zero-order chi connectivity index (χ0) is 8.69. The van der Waals surface area contributed by atoms with Gasteiger partial charge in [-0.2, -0.15) is 0 Å². The zero-order valence-corrected chi connectivity index (χ0v) is 6.38. The van der Waals surface area contributed by atoms with Gasteiger partial charge >= 0.3 is 8.25 Å². The summed E-state index contributed by atoms with van der Waals surface area (Å²) in [4.78, 5) is 14.3. The first-order valence-electron chi connectivity index (χ1n) is 2.44. The lowest BCUT2D eigenvalue weighted by Crippen LogP contribution is -1.91. The summed E-state index contributed by atoms with van der Waals surface area (Å²) in [6.45, 7) is 0. The van der Waals surface area contributed by atoms with Crippen LogP contribution in [-0.4, -0.2) is 25.2 Å². The Morgan fingerprint density at radius 2 is 2.09 bits per heavy atom. The van der Waals surface area contributed by atoms with Crippen LogP contribution in [0, 0.1) is 0 Å². The summed E-state index contributed by atoms with van der Waals surface area (Å²) in [6.07, 6.45) is 1.49. The van der Waals surface area contributed by atoms with Crippen molar-refractivity contribution in [2.75, 3.05) is 5.73 Å². The Labute approximate surface area is 62.8 Å². The molecule has 0 fully saturated rings. The van der Waals surface area contributed by atoms with Crippen molar-refractivity contribution in [1.29, 1.82) is 0 Å². The maximum Gasteiger partial charge on any atom is 0.314 e. The largest absolute Gasteiger partial charge is 0.382 e. The molecule has 0 unspecified atom stereocenters. The molecule has 1 aromatic rings. The first-order valence-corrected chi connectivity index (χ1v) is 3.75. The summed E-state index contributed by atoms with van der Waals surface area (Å²) in [6, 6.07) is 1.58. The molecule has 62 valence electrons. The van der Waals surface area contributed by atoms with Crippen LogP contribution >= 0.6 is 8.25 Å². The van der Waals surface area contributed by atoms with Gasteiger partial charge in [-0.25, -0.2) is 0 Å². The van der Waals surface area contributed by atoms with Crippen molar-refractivity contribution in [3.05, 3.63) is 12.3 Å². The Morgan fingerprint density at radius 1 is 1.55 bits per heavy atom. The van der Waals surface area contributed by atoms with E-state index in [0.29, 0.717) is 5.82 Å².